The molecule has 0 spiro atoms. The predicted molar refractivity (Wildman–Crippen MR) is 89.8 cm³/mol. The molecule has 118 valence electrons. The van der Waals surface area contributed by atoms with Crippen molar-refractivity contribution in [1.82, 2.24) is 9.97 Å². The van der Waals surface area contributed by atoms with Crippen molar-refractivity contribution in [2.45, 2.75) is 12.8 Å². The Morgan fingerprint density at radius 1 is 1.21 bits per heavy atom. The number of rotatable bonds is 4. The van der Waals surface area contributed by atoms with Crippen LogP contribution in [0.2, 0.25) is 0 Å². The Hall–Kier alpha value is -3.11. The third-order valence-corrected chi connectivity index (χ3v) is 4.51. The van der Waals surface area contributed by atoms with Crippen molar-refractivity contribution in [3.63, 3.8) is 0 Å². The summed E-state index contributed by atoms with van der Waals surface area (Å²) in [6.07, 6.45) is 0.157. The Kier molecular flexibility index (Phi) is 4.31. The van der Waals surface area contributed by atoms with Crippen molar-refractivity contribution in [2.75, 3.05) is 0 Å². The standard InChI is InChI=1S/C17H11N3O3S/c18-9-13-10(6-8-15(21)22)5-7-12(19-13)17-20-16(23)11-3-1-2-4-14(11)24-17/h1-5,7H,6,8H2,(H,21,22). The zero-order chi connectivity index (χ0) is 17.1. The van der Waals surface area contributed by atoms with E-state index in [1.165, 1.54) is 11.3 Å². The molecule has 0 aliphatic rings. The van der Waals surface area contributed by atoms with Gasteiger partial charge in [0.1, 0.15) is 22.5 Å². The van der Waals surface area contributed by atoms with Crippen molar-refractivity contribution in [2.24, 2.45) is 0 Å². The van der Waals surface area contributed by atoms with Gasteiger partial charge in [0.25, 0.3) is 5.56 Å². The summed E-state index contributed by atoms with van der Waals surface area (Å²) >= 11 is 1.32. The molecule has 0 aliphatic carbocycles. The van der Waals surface area contributed by atoms with Gasteiger partial charge in [0, 0.05) is 11.1 Å². The number of aryl methyl sites for hydroxylation is 1. The first kappa shape index (κ1) is 15.8. The largest absolute Gasteiger partial charge is 0.481 e. The van der Waals surface area contributed by atoms with Crippen molar-refractivity contribution < 1.29 is 9.90 Å². The van der Waals surface area contributed by atoms with Crippen LogP contribution in [0.15, 0.2) is 41.2 Å². The maximum Gasteiger partial charge on any atom is 0.303 e. The summed E-state index contributed by atoms with van der Waals surface area (Å²) in [5.41, 5.74) is 0.813. The fraction of sp³-hybridized carbons (Fsp3) is 0.118. The third-order valence-electron chi connectivity index (χ3n) is 3.44. The molecule has 0 bridgehead atoms. The molecule has 3 aromatic rings. The minimum atomic E-state index is -0.933. The van der Waals surface area contributed by atoms with Crippen LogP contribution in [-0.2, 0) is 11.2 Å². The number of hydrogen-bond acceptors (Lipinski definition) is 6. The lowest BCUT2D eigenvalue weighted by atomic mass is 10.1. The normalized spacial score (nSPS) is 10.5. The summed E-state index contributed by atoms with van der Waals surface area (Å²) in [6.45, 7) is 0. The maximum atomic E-state index is 12.1. The molecule has 6 nitrogen and oxygen atoms in total. The smallest absolute Gasteiger partial charge is 0.303 e. The van der Waals surface area contributed by atoms with E-state index in [1.54, 1.807) is 24.3 Å². The Balaban J connectivity index is 2.05. The molecule has 0 saturated carbocycles. The number of fused-ring (bicyclic) bond motifs is 1. The zero-order valence-corrected chi connectivity index (χ0v) is 13.2. The van der Waals surface area contributed by atoms with E-state index in [9.17, 15) is 14.9 Å². The van der Waals surface area contributed by atoms with Gasteiger partial charge in [0.05, 0.1) is 5.39 Å². The minimum absolute atomic E-state index is 0.0722. The first-order valence-corrected chi connectivity index (χ1v) is 7.92. The second kappa shape index (κ2) is 6.56. The second-order valence-corrected chi connectivity index (χ2v) is 6.06. The number of nitriles is 1. The topological polar surface area (TPSA) is 104 Å². The first-order chi connectivity index (χ1) is 11.6. The molecule has 3 rings (SSSR count). The zero-order valence-electron chi connectivity index (χ0n) is 12.4. The fourth-order valence-corrected chi connectivity index (χ4v) is 3.24. The van der Waals surface area contributed by atoms with Crippen LogP contribution in [0, 0.1) is 11.3 Å². The summed E-state index contributed by atoms with van der Waals surface area (Å²) in [5, 5.41) is 19.0. The van der Waals surface area contributed by atoms with Gasteiger partial charge in [-0.05, 0) is 30.2 Å². The van der Waals surface area contributed by atoms with Crippen LogP contribution >= 0.6 is 11.3 Å². The predicted octanol–water partition coefficient (Wildman–Crippen LogP) is 2.61. The number of carboxylic acid groups (broad SMARTS) is 1. The Bertz CT molecular complexity index is 1040. The van der Waals surface area contributed by atoms with E-state index in [2.05, 4.69) is 9.97 Å². The number of benzene rings is 1. The molecule has 7 heteroatoms. The van der Waals surface area contributed by atoms with Crippen LogP contribution < -0.4 is 5.56 Å². The molecule has 0 saturated heterocycles. The third kappa shape index (κ3) is 3.14. The average Bonchev–Trinajstić information content (AvgIpc) is 2.59. The molecular weight excluding hydrogens is 326 g/mol. The highest BCUT2D eigenvalue weighted by molar-refractivity contribution is 7.21. The van der Waals surface area contributed by atoms with E-state index in [1.807, 2.05) is 18.2 Å². The van der Waals surface area contributed by atoms with Gasteiger partial charge in [-0.2, -0.15) is 10.2 Å². The molecule has 0 atom stereocenters. The highest BCUT2D eigenvalue weighted by atomic mass is 32.1. The number of carbonyl (C=O) groups is 1. The summed E-state index contributed by atoms with van der Waals surface area (Å²) in [4.78, 5) is 31.1. The molecule has 1 N–H and O–H groups in total. The van der Waals surface area contributed by atoms with E-state index in [-0.39, 0.29) is 24.1 Å². The Labute approximate surface area is 140 Å². The molecule has 1 aromatic carbocycles. The van der Waals surface area contributed by atoms with Gasteiger partial charge in [-0.15, -0.1) is 11.3 Å². The number of aliphatic carboxylic acids is 1. The van der Waals surface area contributed by atoms with E-state index in [4.69, 9.17) is 5.11 Å². The van der Waals surface area contributed by atoms with Crippen molar-refractivity contribution in [1.29, 1.82) is 5.26 Å². The fourth-order valence-electron chi connectivity index (χ4n) is 2.27. The quantitative estimate of drug-likeness (QED) is 0.785. The Morgan fingerprint density at radius 2 is 2.00 bits per heavy atom. The van der Waals surface area contributed by atoms with Crippen LogP contribution in [0.5, 0.6) is 0 Å². The molecule has 24 heavy (non-hydrogen) atoms. The minimum Gasteiger partial charge on any atom is -0.481 e. The lowest BCUT2D eigenvalue weighted by Crippen LogP contribution is -2.07. The highest BCUT2D eigenvalue weighted by Gasteiger charge is 2.12. The van der Waals surface area contributed by atoms with Gasteiger partial charge in [-0.25, -0.2) is 4.98 Å². The number of aromatic nitrogens is 2. The average molecular weight is 337 g/mol. The van der Waals surface area contributed by atoms with Crippen molar-refractivity contribution in [3.05, 3.63) is 58.0 Å². The maximum absolute atomic E-state index is 12.1. The SMILES string of the molecule is N#Cc1nc(-c2nc(=O)c3ccccc3s2)ccc1CCC(=O)O. The molecule has 0 unspecified atom stereocenters. The molecule has 0 amide bonds. The number of nitrogens with zero attached hydrogens (tertiary/aromatic N) is 3. The summed E-state index contributed by atoms with van der Waals surface area (Å²) in [6, 6.07) is 12.5. The van der Waals surface area contributed by atoms with Gasteiger partial charge in [-0.3, -0.25) is 9.59 Å². The summed E-state index contributed by atoms with van der Waals surface area (Å²) in [7, 11) is 0. The molecule has 0 aliphatic heterocycles. The van der Waals surface area contributed by atoms with E-state index in [0.717, 1.165) is 4.70 Å². The van der Waals surface area contributed by atoms with Crippen LogP contribution in [-0.4, -0.2) is 21.0 Å². The van der Waals surface area contributed by atoms with Gasteiger partial charge in [-0.1, -0.05) is 18.2 Å². The van der Waals surface area contributed by atoms with E-state index < -0.39 is 5.97 Å². The van der Waals surface area contributed by atoms with Gasteiger partial charge in [0.2, 0.25) is 0 Å². The van der Waals surface area contributed by atoms with Crippen LogP contribution in [0.25, 0.3) is 20.8 Å². The van der Waals surface area contributed by atoms with Gasteiger partial charge < -0.3 is 5.11 Å². The lowest BCUT2D eigenvalue weighted by Gasteiger charge is -2.05. The van der Waals surface area contributed by atoms with Crippen molar-refractivity contribution in [3.8, 4) is 16.8 Å². The summed E-state index contributed by atoms with van der Waals surface area (Å²) < 4.78 is 0.794. The molecule has 0 radical (unpaired) electrons. The van der Waals surface area contributed by atoms with E-state index >= 15 is 0 Å². The van der Waals surface area contributed by atoms with Crippen LogP contribution in [0.3, 0.4) is 0 Å². The second-order valence-electron chi connectivity index (χ2n) is 5.03. The number of pyridine rings is 1. The van der Waals surface area contributed by atoms with Crippen LogP contribution in [0.4, 0.5) is 0 Å². The molecule has 0 fully saturated rings. The Morgan fingerprint density at radius 3 is 2.75 bits per heavy atom. The highest BCUT2D eigenvalue weighted by Crippen LogP contribution is 2.25. The molecule has 2 heterocycles. The summed E-state index contributed by atoms with van der Waals surface area (Å²) in [5.74, 6) is -0.933. The molecule has 2 aromatic heterocycles. The number of hydrogen-bond donors (Lipinski definition) is 1. The van der Waals surface area contributed by atoms with Crippen LogP contribution in [0.1, 0.15) is 17.7 Å². The van der Waals surface area contributed by atoms with Gasteiger partial charge >= 0.3 is 5.97 Å². The number of carboxylic acids is 1. The van der Waals surface area contributed by atoms with E-state index in [0.29, 0.717) is 21.7 Å². The molecular formula is C17H11N3O3S. The lowest BCUT2D eigenvalue weighted by molar-refractivity contribution is -0.136. The first-order valence-electron chi connectivity index (χ1n) is 7.10. The monoisotopic (exact) mass is 337 g/mol. The van der Waals surface area contributed by atoms with Gasteiger partial charge in [0.15, 0.2) is 0 Å². The van der Waals surface area contributed by atoms with Crippen molar-refractivity contribution >= 4 is 27.4 Å².